The van der Waals surface area contributed by atoms with Crippen molar-refractivity contribution < 1.29 is 8.42 Å². The van der Waals surface area contributed by atoms with Gasteiger partial charge in [0.15, 0.2) is 0 Å². The Morgan fingerprint density at radius 3 is 2.68 bits per heavy atom. The molecule has 1 saturated carbocycles. The third kappa shape index (κ3) is 3.95. The van der Waals surface area contributed by atoms with Crippen LogP contribution in [0.25, 0.3) is 0 Å². The number of nitriles is 1. The molecule has 1 N–H and O–H groups in total. The van der Waals surface area contributed by atoms with Gasteiger partial charge in [-0.2, -0.15) is 5.26 Å². The molecule has 1 aliphatic rings. The number of hydrogen-bond donors (Lipinski definition) is 1. The molecular formula is C13H15BrN2O2S. The summed E-state index contributed by atoms with van der Waals surface area (Å²) in [5, 5.41) is 12.3. The molecule has 2 rings (SSSR count). The van der Waals surface area contributed by atoms with Gasteiger partial charge in [0, 0.05) is 22.7 Å². The molecule has 102 valence electrons. The quantitative estimate of drug-likeness (QED) is 0.892. The highest BCUT2D eigenvalue weighted by molar-refractivity contribution is 9.10. The number of rotatable bonds is 5. The lowest BCUT2D eigenvalue weighted by Gasteiger charge is -2.16. The molecule has 0 aromatic heterocycles. The zero-order valence-electron chi connectivity index (χ0n) is 10.6. The van der Waals surface area contributed by atoms with Crippen LogP contribution in [-0.4, -0.2) is 27.0 Å². The Bertz CT molecular complexity index is 631. The van der Waals surface area contributed by atoms with Gasteiger partial charge >= 0.3 is 0 Å². The number of nitrogens with one attached hydrogen (secondary N) is 1. The molecule has 19 heavy (non-hydrogen) atoms. The monoisotopic (exact) mass is 342 g/mol. The van der Waals surface area contributed by atoms with Crippen LogP contribution < -0.4 is 5.32 Å². The predicted octanol–water partition coefficient (Wildman–Crippen LogP) is 2.56. The standard InChI is InChI=1S/C13H15BrN2O2S/c1-19(17,18)9-13(4-5-13)8-16-12-3-2-11(14)6-10(12)7-15/h2-3,6,16H,4-5,8-9H2,1H3. The average Bonchev–Trinajstić information content (AvgIpc) is 3.05. The van der Waals surface area contributed by atoms with Crippen LogP contribution in [0.4, 0.5) is 5.69 Å². The fourth-order valence-electron chi connectivity index (χ4n) is 2.15. The van der Waals surface area contributed by atoms with E-state index in [0.717, 1.165) is 23.0 Å². The van der Waals surface area contributed by atoms with E-state index in [4.69, 9.17) is 5.26 Å². The van der Waals surface area contributed by atoms with Crippen LogP contribution in [0.3, 0.4) is 0 Å². The van der Waals surface area contributed by atoms with Gasteiger partial charge in [-0.3, -0.25) is 0 Å². The number of hydrogen-bond acceptors (Lipinski definition) is 4. The van der Waals surface area contributed by atoms with Crippen molar-refractivity contribution in [2.45, 2.75) is 12.8 Å². The number of sulfone groups is 1. The number of halogens is 1. The van der Waals surface area contributed by atoms with Crippen LogP contribution in [0.1, 0.15) is 18.4 Å². The van der Waals surface area contributed by atoms with Gasteiger partial charge in [0.2, 0.25) is 0 Å². The molecular weight excluding hydrogens is 328 g/mol. The Hall–Kier alpha value is -1.06. The van der Waals surface area contributed by atoms with E-state index in [0.29, 0.717) is 12.1 Å². The minimum atomic E-state index is -2.96. The highest BCUT2D eigenvalue weighted by atomic mass is 79.9. The molecule has 0 unspecified atom stereocenters. The van der Waals surface area contributed by atoms with Crippen LogP contribution in [0, 0.1) is 16.7 Å². The first kappa shape index (κ1) is 14.4. The van der Waals surface area contributed by atoms with Gasteiger partial charge in [0.05, 0.1) is 17.0 Å². The molecule has 1 fully saturated rings. The van der Waals surface area contributed by atoms with Crippen molar-refractivity contribution in [3.8, 4) is 6.07 Å². The molecule has 4 nitrogen and oxygen atoms in total. The van der Waals surface area contributed by atoms with Crippen molar-refractivity contribution >= 4 is 31.5 Å². The molecule has 0 saturated heterocycles. The zero-order chi connectivity index (χ0) is 14.1. The topological polar surface area (TPSA) is 70.0 Å². The van der Waals surface area contributed by atoms with Crippen LogP contribution in [-0.2, 0) is 9.84 Å². The Morgan fingerprint density at radius 1 is 1.47 bits per heavy atom. The minimum absolute atomic E-state index is 0.145. The lowest BCUT2D eigenvalue weighted by atomic mass is 10.1. The maximum absolute atomic E-state index is 11.4. The summed E-state index contributed by atoms with van der Waals surface area (Å²) in [6.07, 6.45) is 3.12. The molecule has 0 radical (unpaired) electrons. The summed E-state index contributed by atoms with van der Waals surface area (Å²) >= 11 is 3.32. The fraction of sp³-hybridized carbons (Fsp3) is 0.462. The Kier molecular flexibility index (Phi) is 3.88. The number of benzene rings is 1. The highest BCUT2D eigenvalue weighted by Crippen LogP contribution is 2.46. The van der Waals surface area contributed by atoms with Crippen LogP contribution in [0.2, 0.25) is 0 Å². The second-order valence-electron chi connectivity index (χ2n) is 5.23. The Morgan fingerprint density at radius 2 is 2.16 bits per heavy atom. The van der Waals surface area contributed by atoms with Gasteiger partial charge in [-0.05, 0) is 31.0 Å². The maximum atomic E-state index is 11.4. The zero-order valence-corrected chi connectivity index (χ0v) is 13.0. The Balaban J connectivity index is 2.06. The van der Waals surface area contributed by atoms with E-state index >= 15 is 0 Å². The van der Waals surface area contributed by atoms with Gasteiger partial charge in [-0.25, -0.2) is 8.42 Å². The molecule has 0 bridgehead atoms. The molecule has 0 amide bonds. The molecule has 6 heteroatoms. The fourth-order valence-corrected chi connectivity index (χ4v) is 4.02. The van der Waals surface area contributed by atoms with Crippen molar-refractivity contribution in [2.24, 2.45) is 5.41 Å². The van der Waals surface area contributed by atoms with Crippen LogP contribution in [0.15, 0.2) is 22.7 Å². The van der Waals surface area contributed by atoms with Crippen molar-refractivity contribution in [3.05, 3.63) is 28.2 Å². The molecule has 0 heterocycles. The first-order valence-corrected chi connectivity index (χ1v) is 8.80. The largest absolute Gasteiger partial charge is 0.383 e. The van der Waals surface area contributed by atoms with E-state index in [9.17, 15) is 8.42 Å². The summed E-state index contributed by atoms with van der Waals surface area (Å²) in [6.45, 7) is 0.594. The van der Waals surface area contributed by atoms with E-state index in [1.165, 1.54) is 6.26 Å². The lowest BCUT2D eigenvalue weighted by Crippen LogP contribution is -2.24. The van der Waals surface area contributed by atoms with Gasteiger partial charge in [-0.1, -0.05) is 15.9 Å². The van der Waals surface area contributed by atoms with E-state index in [1.54, 1.807) is 6.07 Å². The van der Waals surface area contributed by atoms with Crippen molar-refractivity contribution in [3.63, 3.8) is 0 Å². The van der Waals surface area contributed by atoms with Gasteiger partial charge in [0.1, 0.15) is 15.9 Å². The number of anilines is 1. The second-order valence-corrected chi connectivity index (χ2v) is 8.28. The molecule has 0 atom stereocenters. The Labute approximate surface area is 121 Å². The third-order valence-electron chi connectivity index (χ3n) is 3.28. The van der Waals surface area contributed by atoms with E-state index < -0.39 is 9.84 Å². The highest BCUT2D eigenvalue weighted by Gasteiger charge is 2.44. The summed E-state index contributed by atoms with van der Waals surface area (Å²) in [4.78, 5) is 0. The van der Waals surface area contributed by atoms with Gasteiger partial charge in [-0.15, -0.1) is 0 Å². The smallest absolute Gasteiger partial charge is 0.148 e. The van der Waals surface area contributed by atoms with E-state index in [2.05, 4.69) is 27.3 Å². The van der Waals surface area contributed by atoms with Crippen molar-refractivity contribution in [2.75, 3.05) is 23.9 Å². The van der Waals surface area contributed by atoms with Gasteiger partial charge in [0.25, 0.3) is 0 Å². The molecule has 1 aliphatic carbocycles. The molecule has 1 aromatic carbocycles. The molecule has 0 spiro atoms. The first-order chi connectivity index (χ1) is 8.84. The van der Waals surface area contributed by atoms with E-state index in [1.807, 2.05) is 12.1 Å². The number of nitrogens with zero attached hydrogens (tertiary/aromatic N) is 1. The van der Waals surface area contributed by atoms with Crippen molar-refractivity contribution in [1.29, 1.82) is 5.26 Å². The molecule has 1 aromatic rings. The molecule has 0 aliphatic heterocycles. The summed E-state index contributed by atoms with van der Waals surface area (Å²) in [5.41, 5.74) is 1.17. The SMILES string of the molecule is CS(=O)(=O)CC1(CNc2ccc(Br)cc2C#N)CC1. The summed E-state index contributed by atoms with van der Waals surface area (Å²) in [6, 6.07) is 7.57. The average molecular weight is 343 g/mol. The summed E-state index contributed by atoms with van der Waals surface area (Å²) < 4.78 is 23.6. The maximum Gasteiger partial charge on any atom is 0.148 e. The third-order valence-corrected chi connectivity index (χ3v) is 4.91. The second kappa shape index (κ2) is 5.14. The summed E-state index contributed by atoms with van der Waals surface area (Å²) in [5.74, 6) is 0.214. The predicted molar refractivity (Wildman–Crippen MR) is 78.7 cm³/mol. The van der Waals surface area contributed by atoms with Crippen LogP contribution >= 0.6 is 15.9 Å². The summed E-state index contributed by atoms with van der Waals surface area (Å²) in [7, 11) is -2.96. The van der Waals surface area contributed by atoms with Gasteiger partial charge < -0.3 is 5.32 Å². The van der Waals surface area contributed by atoms with Crippen molar-refractivity contribution in [1.82, 2.24) is 0 Å². The lowest BCUT2D eigenvalue weighted by molar-refractivity contribution is 0.561. The normalized spacial score (nSPS) is 16.7. The minimum Gasteiger partial charge on any atom is -0.383 e. The van der Waals surface area contributed by atoms with E-state index in [-0.39, 0.29) is 11.2 Å². The first-order valence-electron chi connectivity index (χ1n) is 5.95. The van der Waals surface area contributed by atoms with Crippen LogP contribution in [0.5, 0.6) is 0 Å².